The lowest BCUT2D eigenvalue weighted by Crippen LogP contribution is -2.36. The van der Waals surface area contributed by atoms with E-state index in [1.54, 1.807) is 12.1 Å². The first kappa shape index (κ1) is 13.5. The second kappa shape index (κ2) is 5.78. The van der Waals surface area contributed by atoms with E-state index < -0.39 is 5.97 Å². The molecule has 0 amide bonds. The highest BCUT2D eigenvalue weighted by atomic mass is 35.5. The third kappa shape index (κ3) is 2.71. The van der Waals surface area contributed by atoms with Gasteiger partial charge >= 0.3 is 5.97 Å². The van der Waals surface area contributed by atoms with Gasteiger partial charge in [-0.1, -0.05) is 23.2 Å². The Kier molecular flexibility index (Phi) is 4.32. The molecular formula is C12H13Cl2NO3. The van der Waals surface area contributed by atoms with Crippen molar-refractivity contribution < 1.29 is 14.3 Å². The second-order valence-corrected chi connectivity index (χ2v) is 4.69. The number of rotatable bonds is 2. The van der Waals surface area contributed by atoms with Crippen molar-refractivity contribution in [3.05, 3.63) is 27.7 Å². The minimum Gasteiger partial charge on any atom is -0.465 e. The van der Waals surface area contributed by atoms with E-state index in [2.05, 4.69) is 9.64 Å². The molecule has 6 heteroatoms. The number of halogens is 2. The lowest BCUT2D eigenvalue weighted by molar-refractivity contribution is 0.0601. The van der Waals surface area contributed by atoms with Crippen LogP contribution in [-0.2, 0) is 9.47 Å². The third-order valence-electron chi connectivity index (χ3n) is 2.79. The lowest BCUT2D eigenvalue weighted by atomic mass is 10.2. The van der Waals surface area contributed by atoms with Gasteiger partial charge in [-0.3, -0.25) is 0 Å². The summed E-state index contributed by atoms with van der Waals surface area (Å²) in [6, 6.07) is 3.45. The highest BCUT2D eigenvalue weighted by molar-refractivity contribution is 6.39. The Morgan fingerprint density at radius 2 is 1.83 bits per heavy atom. The van der Waals surface area contributed by atoms with Crippen molar-refractivity contribution >= 4 is 34.9 Å². The molecule has 1 aromatic rings. The van der Waals surface area contributed by atoms with Crippen molar-refractivity contribution in [2.45, 2.75) is 0 Å². The molecule has 4 nitrogen and oxygen atoms in total. The van der Waals surface area contributed by atoms with E-state index in [1.807, 2.05) is 0 Å². The monoisotopic (exact) mass is 289 g/mol. The summed E-state index contributed by atoms with van der Waals surface area (Å²) in [7, 11) is 1.30. The van der Waals surface area contributed by atoms with Crippen LogP contribution in [0.3, 0.4) is 0 Å². The maximum atomic E-state index is 11.5. The number of methoxy groups -OCH3 is 1. The van der Waals surface area contributed by atoms with E-state index in [4.69, 9.17) is 27.9 Å². The van der Waals surface area contributed by atoms with Gasteiger partial charge in [0.25, 0.3) is 0 Å². The molecule has 1 fully saturated rings. The molecule has 18 heavy (non-hydrogen) atoms. The summed E-state index contributed by atoms with van der Waals surface area (Å²) < 4.78 is 9.92. The number of esters is 1. The molecule has 98 valence electrons. The van der Waals surface area contributed by atoms with Gasteiger partial charge in [-0.2, -0.15) is 0 Å². The number of benzene rings is 1. The van der Waals surface area contributed by atoms with Crippen molar-refractivity contribution in [2.75, 3.05) is 38.3 Å². The van der Waals surface area contributed by atoms with Gasteiger partial charge in [-0.15, -0.1) is 0 Å². The highest BCUT2D eigenvalue weighted by Crippen LogP contribution is 2.31. The van der Waals surface area contributed by atoms with Crippen LogP contribution in [0.4, 0.5) is 5.69 Å². The summed E-state index contributed by atoms with van der Waals surface area (Å²) in [5.74, 6) is -0.529. The normalized spacial score (nSPS) is 15.6. The molecule has 0 aromatic heterocycles. The predicted molar refractivity (Wildman–Crippen MR) is 70.8 cm³/mol. The van der Waals surface area contributed by atoms with E-state index in [9.17, 15) is 4.79 Å². The summed E-state index contributed by atoms with van der Waals surface area (Å²) in [5.41, 5.74) is 1.10. The first-order valence-corrected chi connectivity index (χ1v) is 6.29. The molecule has 0 aliphatic carbocycles. The van der Waals surface area contributed by atoms with Crippen molar-refractivity contribution in [3.63, 3.8) is 0 Å². The van der Waals surface area contributed by atoms with Gasteiger partial charge in [0.15, 0.2) is 0 Å². The Balaban J connectivity index is 2.32. The quantitative estimate of drug-likeness (QED) is 0.785. The lowest BCUT2D eigenvalue weighted by Gasteiger charge is -2.29. The summed E-state index contributed by atoms with van der Waals surface area (Å²) in [6.07, 6.45) is 0. The second-order valence-electron chi connectivity index (χ2n) is 3.88. The number of hydrogen-bond acceptors (Lipinski definition) is 4. The van der Waals surface area contributed by atoms with Crippen LogP contribution >= 0.6 is 23.2 Å². The topological polar surface area (TPSA) is 38.8 Å². The molecule has 1 heterocycles. The van der Waals surface area contributed by atoms with Crippen LogP contribution in [0.2, 0.25) is 10.0 Å². The fraction of sp³-hybridized carbons (Fsp3) is 0.417. The minimum absolute atomic E-state index is 0.206. The van der Waals surface area contributed by atoms with Gasteiger partial charge in [0, 0.05) is 18.8 Å². The standard InChI is InChI=1S/C12H13Cl2NO3/c1-17-12(16)11-9(13)6-8(7-10(11)14)15-2-4-18-5-3-15/h6-7H,2-5H2,1H3. The number of ether oxygens (including phenoxy) is 2. The van der Waals surface area contributed by atoms with Gasteiger partial charge in [-0.25, -0.2) is 4.79 Å². The Labute approximate surface area is 115 Å². The summed E-state index contributed by atoms with van der Waals surface area (Å²) in [5, 5.41) is 0.603. The van der Waals surface area contributed by atoms with Crippen LogP contribution in [0.25, 0.3) is 0 Å². The van der Waals surface area contributed by atoms with Gasteiger partial charge in [0.05, 0.1) is 35.9 Å². The van der Waals surface area contributed by atoms with E-state index in [1.165, 1.54) is 7.11 Å². The molecule has 1 aromatic carbocycles. The molecule has 0 unspecified atom stereocenters. The molecule has 0 saturated carbocycles. The Hall–Kier alpha value is -0.970. The summed E-state index contributed by atoms with van der Waals surface area (Å²) in [4.78, 5) is 13.6. The van der Waals surface area contributed by atoms with Crippen LogP contribution < -0.4 is 4.90 Å². The SMILES string of the molecule is COC(=O)c1c(Cl)cc(N2CCOCC2)cc1Cl. The van der Waals surface area contributed by atoms with E-state index in [0.29, 0.717) is 23.3 Å². The first-order chi connectivity index (χ1) is 8.63. The first-order valence-electron chi connectivity index (χ1n) is 5.53. The zero-order chi connectivity index (χ0) is 13.1. The number of morpholine rings is 1. The van der Waals surface area contributed by atoms with E-state index in [-0.39, 0.29) is 5.56 Å². The van der Waals surface area contributed by atoms with Crippen LogP contribution in [0.15, 0.2) is 12.1 Å². The van der Waals surface area contributed by atoms with Gasteiger partial charge < -0.3 is 14.4 Å². The average Bonchev–Trinajstić information content (AvgIpc) is 2.38. The predicted octanol–water partition coefficient (Wildman–Crippen LogP) is 2.62. The molecule has 1 saturated heterocycles. The third-order valence-corrected chi connectivity index (χ3v) is 3.39. The number of carbonyl (C=O) groups is 1. The molecule has 1 aliphatic rings. The Morgan fingerprint density at radius 1 is 1.28 bits per heavy atom. The Bertz CT molecular complexity index is 436. The van der Waals surface area contributed by atoms with Gasteiger partial charge in [-0.05, 0) is 12.1 Å². The fourth-order valence-corrected chi connectivity index (χ4v) is 2.49. The van der Waals surface area contributed by atoms with Crippen molar-refractivity contribution in [3.8, 4) is 0 Å². The minimum atomic E-state index is -0.529. The van der Waals surface area contributed by atoms with Gasteiger partial charge in [0.1, 0.15) is 0 Å². The van der Waals surface area contributed by atoms with Crippen molar-refractivity contribution in [1.29, 1.82) is 0 Å². The van der Waals surface area contributed by atoms with E-state index >= 15 is 0 Å². The average molecular weight is 290 g/mol. The van der Waals surface area contributed by atoms with Crippen LogP contribution in [0.1, 0.15) is 10.4 Å². The number of anilines is 1. The van der Waals surface area contributed by atoms with Crippen LogP contribution in [-0.4, -0.2) is 39.4 Å². The maximum absolute atomic E-state index is 11.5. The Morgan fingerprint density at radius 3 is 2.33 bits per heavy atom. The zero-order valence-electron chi connectivity index (χ0n) is 9.91. The molecule has 1 aliphatic heterocycles. The fourth-order valence-electron chi connectivity index (χ4n) is 1.86. The molecule has 0 bridgehead atoms. The number of hydrogen-bond donors (Lipinski definition) is 0. The molecular weight excluding hydrogens is 277 g/mol. The summed E-state index contributed by atoms with van der Waals surface area (Å²) >= 11 is 12.2. The van der Waals surface area contributed by atoms with E-state index in [0.717, 1.165) is 18.8 Å². The molecule has 2 rings (SSSR count). The molecule has 0 radical (unpaired) electrons. The molecule has 0 atom stereocenters. The zero-order valence-corrected chi connectivity index (χ0v) is 11.4. The van der Waals surface area contributed by atoms with Crippen LogP contribution in [0.5, 0.6) is 0 Å². The number of carbonyl (C=O) groups excluding carboxylic acids is 1. The molecule has 0 spiro atoms. The molecule has 0 N–H and O–H groups in total. The smallest absolute Gasteiger partial charge is 0.340 e. The van der Waals surface area contributed by atoms with Crippen molar-refractivity contribution in [2.24, 2.45) is 0 Å². The highest BCUT2D eigenvalue weighted by Gasteiger charge is 2.19. The summed E-state index contributed by atoms with van der Waals surface area (Å²) in [6.45, 7) is 2.91. The largest absolute Gasteiger partial charge is 0.465 e. The maximum Gasteiger partial charge on any atom is 0.340 e. The van der Waals surface area contributed by atoms with Crippen LogP contribution in [0, 0.1) is 0 Å². The van der Waals surface area contributed by atoms with Crippen molar-refractivity contribution in [1.82, 2.24) is 0 Å². The number of nitrogens with zero attached hydrogens (tertiary/aromatic N) is 1. The van der Waals surface area contributed by atoms with Gasteiger partial charge in [0.2, 0.25) is 0 Å².